The molecule has 4 aromatic rings. The van der Waals surface area contributed by atoms with Gasteiger partial charge in [0.15, 0.2) is 5.82 Å². The lowest BCUT2D eigenvalue weighted by Gasteiger charge is -2.16. The molecule has 0 aliphatic rings. The van der Waals surface area contributed by atoms with Crippen LogP contribution in [0.5, 0.6) is 11.5 Å². The minimum atomic E-state index is -4.87. The zero-order valence-electron chi connectivity index (χ0n) is 17.9. The molecular formula is C23H15ClF3N5O3. The normalized spacial score (nSPS) is 11.3. The van der Waals surface area contributed by atoms with Gasteiger partial charge in [-0.3, -0.25) is 9.36 Å². The molecule has 0 radical (unpaired) electrons. The van der Waals surface area contributed by atoms with E-state index in [0.717, 1.165) is 20.9 Å². The molecule has 0 bridgehead atoms. The lowest BCUT2D eigenvalue weighted by Crippen LogP contribution is -2.26. The van der Waals surface area contributed by atoms with E-state index in [0.29, 0.717) is 17.2 Å². The van der Waals surface area contributed by atoms with Crippen molar-refractivity contribution in [1.82, 2.24) is 19.3 Å². The van der Waals surface area contributed by atoms with Gasteiger partial charge in [0.2, 0.25) is 5.75 Å². The monoisotopic (exact) mass is 501 g/mol. The first kappa shape index (κ1) is 23.8. The van der Waals surface area contributed by atoms with E-state index < -0.39 is 28.7 Å². The maximum Gasteiger partial charge on any atom is 0.420 e. The number of H-pyrrole nitrogens is 1. The molecule has 8 nitrogen and oxygen atoms in total. The minimum Gasteiger partial charge on any atom is -0.449 e. The topological polar surface area (TPSA) is 106 Å². The fourth-order valence-corrected chi connectivity index (χ4v) is 3.50. The van der Waals surface area contributed by atoms with Crippen LogP contribution >= 0.6 is 11.6 Å². The molecule has 0 aliphatic heterocycles. The summed E-state index contributed by atoms with van der Waals surface area (Å²) in [7, 11) is 1.41. The van der Waals surface area contributed by atoms with E-state index in [1.807, 2.05) is 6.07 Å². The molecule has 0 aliphatic carbocycles. The highest BCUT2D eigenvalue weighted by molar-refractivity contribution is 6.32. The Labute approximate surface area is 200 Å². The third kappa shape index (κ3) is 4.83. The van der Waals surface area contributed by atoms with Crippen LogP contribution in [0.3, 0.4) is 0 Å². The molecule has 0 amide bonds. The molecule has 0 saturated carbocycles. The Bertz CT molecular complexity index is 1560. The first-order valence-electron chi connectivity index (χ1n) is 9.97. The van der Waals surface area contributed by atoms with E-state index in [9.17, 15) is 22.8 Å². The van der Waals surface area contributed by atoms with Crippen LogP contribution in [0.25, 0.3) is 11.1 Å². The van der Waals surface area contributed by atoms with Crippen LogP contribution in [-0.4, -0.2) is 19.3 Å². The Balaban J connectivity index is 1.72. The molecule has 2 aromatic heterocycles. The van der Waals surface area contributed by atoms with Gasteiger partial charge in [-0.15, -0.1) is 0 Å². The van der Waals surface area contributed by atoms with E-state index in [1.165, 1.54) is 19.2 Å². The van der Waals surface area contributed by atoms with Gasteiger partial charge in [-0.1, -0.05) is 29.8 Å². The SMILES string of the molecule is Cn1c(Cn2ccc(C(F)(F)F)c(Oc3ccc(-c4ccc(C#N)cc4)cc3Cl)c2=O)n[nH]c1=O. The number of benzene rings is 2. The van der Waals surface area contributed by atoms with Gasteiger partial charge >= 0.3 is 11.9 Å². The fraction of sp³-hybridized carbons (Fsp3) is 0.130. The van der Waals surface area contributed by atoms with E-state index in [1.54, 1.807) is 30.3 Å². The van der Waals surface area contributed by atoms with Crippen LogP contribution in [0.15, 0.2) is 64.3 Å². The van der Waals surface area contributed by atoms with Gasteiger partial charge in [-0.25, -0.2) is 9.89 Å². The van der Waals surface area contributed by atoms with Gasteiger partial charge in [0.1, 0.15) is 11.3 Å². The van der Waals surface area contributed by atoms with Crippen molar-refractivity contribution in [2.24, 2.45) is 7.05 Å². The second kappa shape index (κ2) is 9.15. The molecule has 1 N–H and O–H groups in total. The maximum atomic E-state index is 13.7. The molecule has 0 fully saturated rings. The molecule has 178 valence electrons. The summed E-state index contributed by atoms with van der Waals surface area (Å²) in [6.07, 6.45) is -3.92. The van der Waals surface area contributed by atoms with Crippen LogP contribution in [0.2, 0.25) is 5.02 Å². The Kier molecular flexibility index (Phi) is 6.24. The molecule has 0 atom stereocenters. The lowest BCUT2D eigenvalue weighted by atomic mass is 10.0. The molecule has 12 heteroatoms. The highest BCUT2D eigenvalue weighted by Crippen LogP contribution is 2.38. The fourth-order valence-electron chi connectivity index (χ4n) is 3.28. The summed E-state index contributed by atoms with van der Waals surface area (Å²) in [6, 6.07) is 13.7. The second-order valence-electron chi connectivity index (χ2n) is 7.43. The average Bonchev–Trinajstić information content (AvgIpc) is 3.14. The van der Waals surface area contributed by atoms with Gasteiger partial charge in [0, 0.05) is 13.2 Å². The molecule has 2 heterocycles. The highest BCUT2D eigenvalue weighted by Gasteiger charge is 2.36. The van der Waals surface area contributed by atoms with Gasteiger partial charge < -0.3 is 9.30 Å². The van der Waals surface area contributed by atoms with E-state index in [-0.39, 0.29) is 23.1 Å². The quantitative estimate of drug-likeness (QED) is 0.438. The van der Waals surface area contributed by atoms with Gasteiger partial charge in [0.05, 0.1) is 23.2 Å². The van der Waals surface area contributed by atoms with E-state index >= 15 is 0 Å². The smallest absolute Gasteiger partial charge is 0.420 e. The van der Waals surface area contributed by atoms with Crippen molar-refractivity contribution in [2.45, 2.75) is 12.7 Å². The number of alkyl halides is 3. The predicted molar refractivity (Wildman–Crippen MR) is 120 cm³/mol. The summed E-state index contributed by atoms with van der Waals surface area (Å²) in [5.41, 5.74) is -1.07. The number of halogens is 4. The molecular weight excluding hydrogens is 487 g/mol. The number of aromatic nitrogens is 4. The van der Waals surface area contributed by atoms with Crippen molar-refractivity contribution >= 4 is 11.6 Å². The Morgan fingerprint density at radius 3 is 2.37 bits per heavy atom. The molecule has 35 heavy (non-hydrogen) atoms. The van der Waals surface area contributed by atoms with Crippen molar-refractivity contribution in [3.8, 4) is 28.7 Å². The van der Waals surface area contributed by atoms with Crippen molar-refractivity contribution in [3.63, 3.8) is 0 Å². The van der Waals surface area contributed by atoms with Crippen molar-refractivity contribution < 1.29 is 17.9 Å². The maximum absolute atomic E-state index is 13.7. The van der Waals surface area contributed by atoms with E-state index in [4.69, 9.17) is 21.6 Å². The number of pyridine rings is 1. The van der Waals surface area contributed by atoms with Crippen LogP contribution in [0.1, 0.15) is 17.0 Å². The molecule has 2 aromatic carbocycles. The van der Waals surface area contributed by atoms with Crippen LogP contribution in [0, 0.1) is 11.3 Å². The molecule has 0 spiro atoms. The number of nitrogens with zero attached hydrogens (tertiary/aromatic N) is 4. The van der Waals surface area contributed by atoms with Crippen molar-refractivity contribution in [3.05, 3.63) is 97.5 Å². The highest BCUT2D eigenvalue weighted by atomic mass is 35.5. The predicted octanol–water partition coefficient (Wildman–Crippen LogP) is 4.32. The van der Waals surface area contributed by atoms with Gasteiger partial charge in [0.25, 0.3) is 5.56 Å². The summed E-state index contributed by atoms with van der Waals surface area (Å²) in [5.74, 6) is -0.988. The van der Waals surface area contributed by atoms with E-state index in [2.05, 4.69) is 10.2 Å². The Morgan fingerprint density at radius 2 is 1.80 bits per heavy atom. The standard InChI is InChI=1S/C23H15ClF3N5O3/c1-31-19(29-30-22(31)34)12-32-9-8-16(23(25,26)27)20(21(32)33)35-18-7-6-15(10-17(18)24)14-4-2-13(11-28)3-5-14/h2-10H,12H2,1H3,(H,30,34). The largest absolute Gasteiger partial charge is 0.449 e. The summed E-state index contributed by atoms with van der Waals surface area (Å²) in [6.45, 7) is -0.270. The number of nitrogens with one attached hydrogen (secondary N) is 1. The third-order valence-corrected chi connectivity index (χ3v) is 5.50. The summed E-state index contributed by atoms with van der Waals surface area (Å²) < 4.78 is 48.5. The molecule has 4 rings (SSSR count). The summed E-state index contributed by atoms with van der Waals surface area (Å²) in [4.78, 5) is 24.5. The average molecular weight is 502 g/mol. The number of hydrogen-bond acceptors (Lipinski definition) is 5. The van der Waals surface area contributed by atoms with Crippen molar-refractivity contribution in [1.29, 1.82) is 5.26 Å². The molecule has 0 unspecified atom stereocenters. The number of rotatable bonds is 5. The Hall–Kier alpha value is -4.30. The zero-order valence-corrected chi connectivity index (χ0v) is 18.7. The van der Waals surface area contributed by atoms with Crippen LogP contribution in [0.4, 0.5) is 13.2 Å². The minimum absolute atomic E-state index is 0.0236. The number of nitriles is 1. The second-order valence-corrected chi connectivity index (χ2v) is 7.84. The van der Waals surface area contributed by atoms with Gasteiger partial charge in [-0.2, -0.15) is 23.5 Å². The Morgan fingerprint density at radius 1 is 1.11 bits per heavy atom. The van der Waals surface area contributed by atoms with Crippen LogP contribution < -0.4 is 16.0 Å². The van der Waals surface area contributed by atoms with Gasteiger partial charge in [-0.05, 0) is 41.5 Å². The first-order chi connectivity index (χ1) is 16.6. The first-order valence-corrected chi connectivity index (χ1v) is 10.3. The lowest BCUT2D eigenvalue weighted by molar-refractivity contribution is -0.138. The zero-order chi connectivity index (χ0) is 25.3. The molecule has 0 saturated heterocycles. The number of hydrogen-bond donors (Lipinski definition) is 1. The summed E-state index contributed by atoms with van der Waals surface area (Å²) >= 11 is 6.28. The van der Waals surface area contributed by atoms with Crippen LogP contribution in [-0.2, 0) is 19.8 Å². The number of ether oxygens (including phenoxy) is 1. The van der Waals surface area contributed by atoms with Crippen molar-refractivity contribution in [2.75, 3.05) is 0 Å². The third-order valence-electron chi connectivity index (χ3n) is 5.20. The summed E-state index contributed by atoms with van der Waals surface area (Å²) in [5, 5.41) is 14.9. The number of aromatic amines is 1.